The van der Waals surface area contributed by atoms with Crippen molar-refractivity contribution < 1.29 is 54.1 Å². The second kappa shape index (κ2) is 12.3. The first-order valence-electron chi connectivity index (χ1n) is 15.2. The number of hydrogen-bond donors (Lipinski definition) is 7. The molecule has 1 saturated heterocycles. The van der Waals surface area contributed by atoms with Crippen molar-refractivity contribution in [3.63, 3.8) is 0 Å². The number of aliphatic hydroxyl groups is 2. The molecule has 1 fully saturated rings. The highest BCUT2D eigenvalue weighted by Gasteiger charge is 2.49. The highest BCUT2D eigenvalue weighted by atomic mass is 16.7. The van der Waals surface area contributed by atoms with Gasteiger partial charge < -0.3 is 45.5 Å². The maximum Gasteiger partial charge on any atom is 0.271 e. The van der Waals surface area contributed by atoms with E-state index in [2.05, 4.69) is 10.5 Å². The van der Waals surface area contributed by atoms with Crippen molar-refractivity contribution in [1.29, 1.82) is 0 Å². The molecule has 8 N–H and O–H groups in total. The van der Waals surface area contributed by atoms with E-state index < -0.39 is 82.8 Å². The fourth-order valence-corrected chi connectivity index (χ4v) is 6.58. The van der Waals surface area contributed by atoms with E-state index in [4.69, 9.17) is 19.9 Å². The Morgan fingerprint density at radius 3 is 2.40 bits per heavy atom. The monoisotopic (exact) mass is 661 g/mol. The van der Waals surface area contributed by atoms with Crippen molar-refractivity contribution in [1.82, 2.24) is 5.43 Å². The van der Waals surface area contributed by atoms with Crippen LogP contribution in [0.15, 0.2) is 47.6 Å². The molecule has 0 aromatic heterocycles. The van der Waals surface area contributed by atoms with Crippen LogP contribution in [-0.4, -0.2) is 86.0 Å². The number of amides is 1. The maximum absolute atomic E-state index is 13.9. The van der Waals surface area contributed by atoms with Crippen molar-refractivity contribution in [3.8, 4) is 23.0 Å². The maximum atomic E-state index is 13.9. The third-order valence-corrected chi connectivity index (χ3v) is 9.27. The molecule has 3 aromatic rings. The quantitative estimate of drug-likeness (QED) is 0.0893. The molecule has 3 aliphatic rings. The Kier molecular flexibility index (Phi) is 8.47. The molecule has 1 heterocycles. The van der Waals surface area contributed by atoms with Crippen LogP contribution in [0.3, 0.4) is 0 Å². The molecule has 252 valence electrons. The molecule has 6 rings (SSSR count). The van der Waals surface area contributed by atoms with Crippen molar-refractivity contribution >= 4 is 23.2 Å². The largest absolute Gasteiger partial charge is 0.508 e. The number of fused-ring (bicyclic) bond motifs is 3. The van der Waals surface area contributed by atoms with E-state index in [0.717, 1.165) is 0 Å². The molecule has 14 nitrogen and oxygen atoms in total. The van der Waals surface area contributed by atoms with Gasteiger partial charge in [0.1, 0.15) is 28.6 Å². The van der Waals surface area contributed by atoms with Crippen LogP contribution in [0.2, 0.25) is 0 Å². The summed E-state index contributed by atoms with van der Waals surface area (Å²) in [5, 5.41) is 59.5. The molecule has 14 heteroatoms. The van der Waals surface area contributed by atoms with Crippen molar-refractivity contribution in [2.75, 3.05) is 7.11 Å². The van der Waals surface area contributed by atoms with E-state index in [1.54, 1.807) is 6.92 Å². The number of hydrazone groups is 1. The molecular formula is C34H35N3O11. The first kappa shape index (κ1) is 33.1. The molecule has 0 radical (unpaired) electrons. The minimum absolute atomic E-state index is 0.00646. The van der Waals surface area contributed by atoms with Gasteiger partial charge in [-0.25, -0.2) is 5.43 Å². The normalized spacial score (nSPS) is 26.7. The Labute approximate surface area is 274 Å². The van der Waals surface area contributed by atoms with Gasteiger partial charge in [-0.3, -0.25) is 14.4 Å². The summed E-state index contributed by atoms with van der Waals surface area (Å²) in [6, 6.07) is 9.12. The number of ketones is 2. The number of carbonyl (C=O) groups excluding carboxylic acids is 3. The number of rotatable bonds is 6. The molecule has 48 heavy (non-hydrogen) atoms. The highest BCUT2D eigenvalue weighted by molar-refractivity contribution is 6.31. The minimum Gasteiger partial charge on any atom is -0.508 e. The first-order valence-corrected chi connectivity index (χ1v) is 15.2. The van der Waals surface area contributed by atoms with E-state index in [9.17, 15) is 39.9 Å². The summed E-state index contributed by atoms with van der Waals surface area (Å²) in [7, 11) is 1.33. The average Bonchev–Trinajstić information content (AvgIpc) is 3.06. The van der Waals surface area contributed by atoms with Gasteiger partial charge in [-0.1, -0.05) is 12.1 Å². The molecule has 3 aromatic carbocycles. The molecule has 2 aliphatic carbocycles. The van der Waals surface area contributed by atoms with E-state index in [1.165, 1.54) is 56.5 Å². The third-order valence-electron chi connectivity index (χ3n) is 9.27. The Balaban J connectivity index is 1.44. The zero-order chi connectivity index (χ0) is 34.7. The smallest absolute Gasteiger partial charge is 0.271 e. The lowest BCUT2D eigenvalue weighted by atomic mass is 9.71. The number of carbonyl (C=O) groups is 3. The van der Waals surface area contributed by atoms with Crippen molar-refractivity contribution in [2.24, 2.45) is 10.8 Å². The highest BCUT2D eigenvalue weighted by Crippen LogP contribution is 2.52. The summed E-state index contributed by atoms with van der Waals surface area (Å²) in [6.07, 6.45) is -4.68. The average molecular weight is 662 g/mol. The SMILES string of the molecule is COc1cccc2c1C(=O)c1c(O)c3c(c(O)c1C2=O)C[C@@](O)(/C(C)=N/NC(=O)c1ccc(O)cc1)C[C@@H]3O[C@H]1C[C@H](N)[C@H](O)[C@H](C)O1. The van der Waals surface area contributed by atoms with Crippen LogP contribution >= 0.6 is 0 Å². The zero-order valence-corrected chi connectivity index (χ0v) is 26.3. The number of phenols is 3. The molecule has 1 amide bonds. The molecular weight excluding hydrogens is 626 g/mol. The summed E-state index contributed by atoms with van der Waals surface area (Å²) < 4.78 is 17.4. The fourth-order valence-electron chi connectivity index (χ4n) is 6.58. The van der Waals surface area contributed by atoms with Gasteiger partial charge in [-0.05, 0) is 44.2 Å². The third kappa shape index (κ3) is 5.46. The van der Waals surface area contributed by atoms with E-state index in [1.807, 2.05) is 0 Å². The number of phenolic OH excluding ortho intramolecular Hbond substituents is 3. The Morgan fingerprint density at radius 1 is 1.04 bits per heavy atom. The van der Waals surface area contributed by atoms with Crippen LogP contribution in [0.5, 0.6) is 23.0 Å². The number of ether oxygens (including phenoxy) is 3. The zero-order valence-electron chi connectivity index (χ0n) is 26.3. The Bertz CT molecular complexity index is 1850. The topological polar surface area (TPSA) is 230 Å². The van der Waals surface area contributed by atoms with Crippen LogP contribution < -0.4 is 15.9 Å². The lowest BCUT2D eigenvalue weighted by Gasteiger charge is -2.42. The standard InChI is InChI=1S/C34H35N3O11/c1-14-28(39)20(35)11-23(47-14)48-22-13-34(45,15(2)36-37-33(44)16-7-9-17(38)10-8-16)12-19-25(22)32(43)27-26(30(19)41)29(40)18-5-4-6-21(46-3)24(18)31(27)42/h4-10,14,20,22-23,28,38-39,41,43,45H,11-13,35H2,1-3H3,(H,37,44)/b36-15+/t14-,20-,22-,23-,28+,34-/m0/s1. The van der Waals surface area contributed by atoms with E-state index in [0.29, 0.717) is 0 Å². The lowest BCUT2D eigenvalue weighted by molar-refractivity contribution is -0.245. The number of aromatic hydroxyl groups is 3. The Hall–Kier alpha value is -4.86. The van der Waals surface area contributed by atoms with Crippen molar-refractivity contribution in [3.05, 3.63) is 81.4 Å². The van der Waals surface area contributed by atoms with Crippen LogP contribution in [-0.2, 0) is 15.9 Å². The number of hydrogen-bond acceptors (Lipinski definition) is 13. The summed E-state index contributed by atoms with van der Waals surface area (Å²) in [6.45, 7) is 3.05. The van der Waals surface area contributed by atoms with Gasteiger partial charge in [0.15, 0.2) is 12.1 Å². The lowest BCUT2D eigenvalue weighted by Crippen LogP contribution is -2.52. The predicted molar refractivity (Wildman–Crippen MR) is 168 cm³/mol. The van der Waals surface area contributed by atoms with Gasteiger partial charge >= 0.3 is 0 Å². The molecule has 6 atom stereocenters. The summed E-state index contributed by atoms with van der Waals surface area (Å²) in [5.74, 6) is -3.32. The van der Waals surface area contributed by atoms with Crippen LogP contribution in [0.25, 0.3) is 0 Å². The summed E-state index contributed by atoms with van der Waals surface area (Å²) >= 11 is 0. The second-order valence-corrected chi connectivity index (χ2v) is 12.3. The van der Waals surface area contributed by atoms with Gasteiger partial charge in [-0.15, -0.1) is 0 Å². The van der Waals surface area contributed by atoms with Crippen molar-refractivity contribution in [2.45, 2.75) is 69.4 Å². The van der Waals surface area contributed by atoms with E-state index in [-0.39, 0.29) is 57.9 Å². The number of methoxy groups -OCH3 is 1. The van der Waals surface area contributed by atoms with Crippen LogP contribution in [0.4, 0.5) is 0 Å². The molecule has 0 saturated carbocycles. The molecule has 0 unspecified atom stereocenters. The predicted octanol–water partition coefficient (Wildman–Crippen LogP) is 1.95. The number of nitrogens with two attached hydrogens (primary N) is 1. The second-order valence-electron chi connectivity index (χ2n) is 12.3. The minimum atomic E-state index is -1.93. The summed E-state index contributed by atoms with van der Waals surface area (Å²) in [4.78, 5) is 40.4. The van der Waals surface area contributed by atoms with Gasteiger partial charge in [0.05, 0.1) is 47.8 Å². The fraction of sp³-hybridized carbons (Fsp3) is 0.353. The first-order chi connectivity index (χ1) is 22.7. The van der Waals surface area contributed by atoms with Gasteiger partial charge in [0.25, 0.3) is 5.91 Å². The molecule has 1 aliphatic heterocycles. The van der Waals surface area contributed by atoms with Gasteiger partial charge in [0, 0.05) is 47.6 Å². The summed E-state index contributed by atoms with van der Waals surface area (Å²) in [5.41, 5.74) is 5.61. The number of nitrogens with zero attached hydrogens (tertiary/aromatic N) is 1. The van der Waals surface area contributed by atoms with Crippen LogP contribution in [0, 0.1) is 0 Å². The van der Waals surface area contributed by atoms with Crippen LogP contribution in [0.1, 0.15) is 86.1 Å². The molecule has 0 spiro atoms. The van der Waals surface area contributed by atoms with Gasteiger partial charge in [-0.2, -0.15) is 5.10 Å². The van der Waals surface area contributed by atoms with Gasteiger partial charge in [0.2, 0.25) is 5.78 Å². The number of benzene rings is 3. The Morgan fingerprint density at radius 2 is 1.73 bits per heavy atom. The van der Waals surface area contributed by atoms with E-state index >= 15 is 0 Å². The number of nitrogens with one attached hydrogen (secondary N) is 1. The molecule has 0 bridgehead atoms. The number of aliphatic hydroxyl groups excluding tert-OH is 1.